The van der Waals surface area contributed by atoms with E-state index >= 15 is 0 Å². The Kier molecular flexibility index (Phi) is 9.62. The molecule has 3 rings (SSSR count). The molecule has 0 aromatic heterocycles. The summed E-state index contributed by atoms with van der Waals surface area (Å²) in [6.45, 7) is -0.314. The third-order valence-electron chi connectivity index (χ3n) is 5.64. The second kappa shape index (κ2) is 12.4. The number of nitrogens with two attached hydrogens (primary N) is 1. The minimum Gasteiger partial charge on any atom is -0.493 e. The number of hydrogen-bond donors (Lipinski definition) is 3. The van der Waals surface area contributed by atoms with Crippen molar-refractivity contribution >= 4 is 37.8 Å². The number of hydroxylamine groups is 1. The van der Waals surface area contributed by atoms with E-state index in [0.29, 0.717) is 21.9 Å². The summed E-state index contributed by atoms with van der Waals surface area (Å²) in [5, 5.41) is 6.99. The number of alkyl halides is 3. The van der Waals surface area contributed by atoms with E-state index in [1.165, 1.54) is 30.3 Å². The van der Waals surface area contributed by atoms with Gasteiger partial charge in [-0.25, -0.2) is 31.9 Å². The third-order valence-corrected chi connectivity index (χ3v) is 8.84. The number of rotatable bonds is 10. The van der Waals surface area contributed by atoms with Gasteiger partial charge in [-0.05, 0) is 35.4 Å². The quantitative estimate of drug-likeness (QED) is 0.0855. The van der Waals surface area contributed by atoms with Gasteiger partial charge in [0.25, 0.3) is 0 Å². The molecule has 2 aromatic rings. The van der Waals surface area contributed by atoms with E-state index < -0.39 is 66.8 Å². The first-order valence-corrected chi connectivity index (χ1v) is 14.9. The lowest BCUT2D eigenvalue weighted by Gasteiger charge is -2.34. The Bertz CT molecular complexity index is 1550. The van der Waals surface area contributed by atoms with Gasteiger partial charge in [0.2, 0.25) is 16.0 Å². The molecule has 1 aliphatic rings. The molecule has 13 nitrogen and oxygen atoms in total. The van der Waals surface area contributed by atoms with Gasteiger partial charge in [0.15, 0.2) is 9.84 Å². The number of esters is 2. The number of sulfonamides is 1. The summed E-state index contributed by atoms with van der Waals surface area (Å²) in [7, 11) is -8.96. The molecule has 0 saturated heterocycles. The molecule has 1 aliphatic heterocycles. The van der Waals surface area contributed by atoms with Crippen molar-refractivity contribution in [2.75, 3.05) is 19.5 Å². The van der Waals surface area contributed by atoms with Crippen LogP contribution in [-0.4, -0.2) is 70.7 Å². The van der Waals surface area contributed by atoms with Crippen LogP contribution in [0.3, 0.4) is 0 Å². The summed E-state index contributed by atoms with van der Waals surface area (Å²) in [5.74, 6) is -4.71. The monoisotopic (exact) mass is 622 g/mol. The number of ether oxygens (including phenoxy) is 2. The van der Waals surface area contributed by atoms with Gasteiger partial charge in [-0.15, -0.1) is 0 Å². The van der Waals surface area contributed by atoms with Gasteiger partial charge in [-0.1, -0.05) is 18.2 Å². The van der Waals surface area contributed by atoms with E-state index in [4.69, 9.17) is 20.7 Å². The summed E-state index contributed by atoms with van der Waals surface area (Å²) in [6.07, 6.45) is -4.87. The molecule has 18 heteroatoms. The molecule has 0 spiro atoms. The van der Waals surface area contributed by atoms with Crippen LogP contribution >= 0.6 is 0 Å². The third kappa shape index (κ3) is 7.93. The number of halogens is 3. The van der Waals surface area contributed by atoms with E-state index in [2.05, 4.69) is 10.2 Å². The molecule has 1 heterocycles. The first kappa shape index (κ1) is 31.8. The maximum absolute atomic E-state index is 13.7. The normalized spacial score (nSPS) is 16.0. The zero-order valence-electron chi connectivity index (χ0n) is 21.3. The zero-order chi connectivity index (χ0) is 30.6. The smallest absolute Gasteiger partial charge is 0.491 e. The number of carbonyl (C=O) groups is 2. The van der Waals surface area contributed by atoms with E-state index in [9.17, 15) is 39.6 Å². The van der Waals surface area contributed by atoms with Crippen LogP contribution in [-0.2, 0) is 52.0 Å². The minimum atomic E-state index is -5.52. The zero-order valence-corrected chi connectivity index (χ0v) is 22.9. The fourth-order valence-electron chi connectivity index (χ4n) is 3.84. The Labute approximate surface area is 232 Å². The molecule has 0 radical (unpaired) electrons. The fraction of sp³-hybridized carbons (Fsp3) is 0.348. The molecule has 0 amide bonds. The Morgan fingerprint density at radius 3 is 2.34 bits per heavy atom. The molecular formula is C23H25F3N4O9S2. The van der Waals surface area contributed by atoms with Crippen LogP contribution in [0.5, 0.6) is 5.75 Å². The number of benzene rings is 2. The summed E-state index contributed by atoms with van der Waals surface area (Å²) in [5.41, 5.74) is 7.90. The van der Waals surface area contributed by atoms with Gasteiger partial charge >= 0.3 is 18.1 Å². The fourth-order valence-corrected chi connectivity index (χ4v) is 7.00. The molecule has 1 atom stereocenters. The van der Waals surface area contributed by atoms with Gasteiger partial charge in [0.05, 0.1) is 18.1 Å². The number of fused-ring (bicyclic) bond motifs is 1. The first-order valence-electron chi connectivity index (χ1n) is 11.6. The minimum absolute atomic E-state index is 0.136. The first-order chi connectivity index (χ1) is 19.0. The molecule has 2 aromatic carbocycles. The number of carbonyl (C=O) groups excluding carboxylic acids is 2. The number of nitrogens with zero attached hydrogens (tertiary/aromatic N) is 1. The van der Waals surface area contributed by atoms with E-state index in [1.54, 1.807) is 0 Å². The SMILES string of the molecule is CS(=O)(=O)c1ccccc1S(=O)(=O)N1Cc2cc(OCCCONC(=N)N)ccc2C[C@H]1C(=O)OC(=O)C(F)(F)F. The van der Waals surface area contributed by atoms with Crippen molar-refractivity contribution in [3.63, 3.8) is 0 Å². The average molecular weight is 623 g/mol. The molecule has 0 bridgehead atoms. The van der Waals surface area contributed by atoms with Gasteiger partial charge in [0, 0.05) is 25.6 Å². The maximum Gasteiger partial charge on any atom is 0.491 e. The average Bonchev–Trinajstić information content (AvgIpc) is 2.88. The lowest BCUT2D eigenvalue weighted by molar-refractivity contribution is -0.203. The predicted octanol–water partition coefficient (Wildman–Crippen LogP) is 1.02. The van der Waals surface area contributed by atoms with Crippen LogP contribution in [0.1, 0.15) is 17.5 Å². The highest BCUT2D eigenvalue weighted by molar-refractivity contribution is 7.93. The highest BCUT2D eigenvalue weighted by atomic mass is 32.2. The molecular weight excluding hydrogens is 597 g/mol. The summed E-state index contributed by atoms with van der Waals surface area (Å²) < 4.78 is 101. The number of sulfone groups is 1. The van der Waals surface area contributed by atoms with Gasteiger partial charge in [0.1, 0.15) is 16.7 Å². The molecule has 224 valence electrons. The van der Waals surface area contributed by atoms with Gasteiger partial charge in [-0.3, -0.25) is 10.2 Å². The Balaban J connectivity index is 1.95. The van der Waals surface area contributed by atoms with Crippen molar-refractivity contribution in [3.05, 3.63) is 53.6 Å². The second-order valence-corrected chi connectivity index (χ2v) is 12.5. The molecule has 41 heavy (non-hydrogen) atoms. The summed E-state index contributed by atoms with van der Waals surface area (Å²) in [6, 6.07) is 7.01. The van der Waals surface area contributed by atoms with Crippen LogP contribution in [0.2, 0.25) is 0 Å². The summed E-state index contributed by atoms with van der Waals surface area (Å²) >= 11 is 0. The molecule has 0 fully saturated rings. The molecule has 0 unspecified atom stereocenters. The van der Waals surface area contributed by atoms with Crippen molar-refractivity contribution < 1.29 is 53.9 Å². The lowest BCUT2D eigenvalue weighted by Crippen LogP contribution is -2.50. The Morgan fingerprint density at radius 1 is 1.07 bits per heavy atom. The van der Waals surface area contributed by atoms with E-state index in [-0.39, 0.29) is 24.9 Å². The standard InChI is InChI=1S/C23H25F3N4O9S2/c1-40(33,34)18-5-2-3-6-19(18)41(35,36)30-13-15-11-16(37-9-4-10-38-29-22(27)28)8-7-14(15)12-17(30)20(31)39-21(32)23(24,25)26/h2-3,5-8,11,17H,4,9-10,12-13H2,1H3,(H4,27,28,29)/t17-/m0/s1. The predicted molar refractivity (Wildman–Crippen MR) is 134 cm³/mol. The highest BCUT2D eigenvalue weighted by Crippen LogP contribution is 2.34. The molecule has 0 aliphatic carbocycles. The van der Waals surface area contributed by atoms with Crippen molar-refractivity contribution in [3.8, 4) is 5.75 Å². The number of nitrogens with one attached hydrogen (secondary N) is 2. The van der Waals surface area contributed by atoms with Crippen LogP contribution in [0, 0.1) is 5.41 Å². The second-order valence-electron chi connectivity index (χ2n) is 8.69. The van der Waals surface area contributed by atoms with Crippen molar-refractivity contribution in [2.45, 2.75) is 41.4 Å². The molecule has 0 saturated carbocycles. The Hall–Kier alpha value is -3.74. The van der Waals surface area contributed by atoms with Crippen molar-refractivity contribution in [2.24, 2.45) is 5.73 Å². The van der Waals surface area contributed by atoms with E-state index in [1.807, 2.05) is 0 Å². The maximum atomic E-state index is 13.7. The number of guanidine groups is 1. The largest absolute Gasteiger partial charge is 0.493 e. The summed E-state index contributed by atoms with van der Waals surface area (Å²) in [4.78, 5) is 27.7. The highest BCUT2D eigenvalue weighted by Gasteiger charge is 2.47. The van der Waals surface area contributed by atoms with Crippen LogP contribution in [0.15, 0.2) is 52.3 Å². The van der Waals surface area contributed by atoms with E-state index in [0.717, 1.165) is 18.4 Å². The Morgan fingerprint density at radius 2 is 1.73 bits per heavy atom. The van der Waals surface area contributed by atoms with Crippen LogP contribution < -0.4 is 16.0 Å². The van der Waals surface area contributed by atoms with Crippen molar-refractivity contribution in [1.82, 2.24) is 9.79 Å². The number of hydrogen-bond acceptors (Lipinski definition) is 10. The molecule has 4 N–H and O–H groups in total. The van der Waals surface area contributed by atoms with Crippen LogP contribution in [0.4, 0.5) is 13.2 Å². The lowest BCUT2D eigenvalue weighted by atomic mass is 9.95. The van der Waals surface area contributed by atoms with Crippen LogP contribution in [0.25, 0.3) is 0 Å². The topological polar surface area (TPSA) is 195 Å². The van der Waals surface area contributed by atoms with Crippen molar-refractivity contribution in [1.29, 1.82) is 5.41 Å². The van der Waals surface area contributed by atoms with Gasteiger partial charge < -0.3 is 15.2 Å². The van der Waals surface area contributed by atoms with Gasteiger partial charge in [-0.2, -0.15) is 17.5 Å².